The number of nitrogens with one attached hydrogen (secondary N) is 2. The van der Waals surface area contributed by atoms with E-state index >= 15 is 0 Å². The Morgan fingerprint density at radius 1 is 0.714 bits per heavy atom. The second-order valence-electron chi connectivity index (χ2n) is 5.89. The molecule has 6 heteroatoms. The second-order valence-corrected chi connectivity index (χ2v) is 5.89. The predicted molar refractivity (Wildman–Crippen MR) is 108 cm³/mol. The third kappa shape index (κ3) is 4.29. The van der Waals surface area contributed by atoms with Gasteiger partial charge >= 0.3 is 0 Å². The zero-order valence-corrected chi connectivity index (χ0v) is 15.6. The molecule has 0 aliphatic carbocycles. The minimum absolute atomic E-state index is 0.308. The molecular weight excluding hydrogens is 356 g/mol. The summed E-state index contributed by atoms with van der Waals surface area (Å²) in [5.74, 6) is 0.416. The maximum absolute atomic E-state index is 12.6. The van der Waals surface area contributed by atoms with Crippen molar-refractivity contribution in [3.05, 3.63) is 83.9 Å². The van der Waals surface area contributed by atoms with Gasteiger partial charge in [0.15, 0.2) is 0 Å². The average Bonchev–Trinajstić information content (AvgIpc) is 2.74. The molecule has 3 rings (SSSR count). The Morgan fingerprint density at radius 3 is 2.14 bits per heavy atom. The summed E-state index contributed by atoms with van der Waals surface area (Å²) < 4.78 is 10.5. The molecule has 142 valence electrons. The number of hydrogen-bond acceptors (Lipinski definition) is 4. The third-order valence-corrected chi connectivity index (χ3v) is 4.09. The van der Waals surface area contributed by atoms with Crippen molar-refractivity contribution in [2.24, 2.45) is 0 Å². The van der Waals surface area contributed by atoms with Crippen molar-refractivity contribution >= 4 is 23.2 Å². The minimum Gasteiger partial charge on any atom is -0.496 e. The number of methoxy groups -OCH3 is 2. The highest BCUT2D eigenvalue weighted by molar-refractivity contribution is 6.08. The van der Waals surface area contributed by atoms with Gasteiger partial charge in [0.1, 0.15) is 11.5 Å². The molecule has 0 fully saturated rings. The van der Waals surface area contributed by atoms with Gasteiger partial charge in [-0.15, -0.1) is 0 Å². The molecule has 0 spiro atoms. The van der Waals surface area contributed by atoms with E-state index in [1.807, 2.05) is 12.1 Å². The van der Waals surface area contributed by atoms with Gasteiger partial charge < -0.3 is 20.1 Å². The molecule has 3 aromatic carbocycles. The van der Waals surface area contributed by atoms with Crippen molar-refractivity contribution in [2.75, 3.05) is 24.9 Å². The molecule has 0 atom stereocenters. The van der Waals surface area contributed by atoms with Crippen LogP contribution in [0.1, 0.15) is 20.7 Å². The monoisotopic (exact) mass is 376 g/mol. The third-order valence-electron chi connectivity index (χ3n) is 4.09. The maximum Gasteiger partial charge on any atom is 0.259 e. The zero-order chi connectivity index (χ0) is 19.9. The Hall–Kier alpha value is -3.80. The van der Waals surface area contributed by atoms with Crippen molar-refractivity contribution in [3.63, 3.8) is 0 Å². The number of amides is 2. The molecule has 0 aliphatic heterocycles. The van der Waals surface area contributed by atoms with Gasteiger partial charge in [-0.3, -0.25) is 9.59 Å². The van der Waals surface area contributed by atoms with Crippen LogP contribution in [0.25, 0.3) is 0 Å². The summed E-state index contributed by atoms with van der Waals surface area (Å²) in [4.78, 5) is 25.1. The highest BCUT2D eigenvalue weighted by Crippen LogP contribution is 2.24. The molecule has 28 heavy (non-hydrogen) atoms. The average molecular weight is 376 g/mol. The topological polar surface area (TPSA) is 76.7 Å². The molecule has 0 saturated heterocycles. The Morgan fingerprint density at radius 2 is 1.39 bits per heavy atom. The number of para-hydroxylation sites is 3. The molecular formula is C22H20N2O4. The van der Waals surface area contributed by atoms with E-state index in [0.29, 0.717) is 34.0 Å². The van der Waals surface area contributed by atoms with Gasteiger partial charge in [-0.05, 0) is 42.5 Å². The van der Waals surface area contributed by atoms with E-state index in [2.05, 4.69) is 10.6 Å². The lowest BCUT2D eigenvalue weighted by Crippen LogP contribution is -2.15. The van der Waals surface area contributed by atoms with E-state index < -0.39 is 0 Å². The predicted octanol–water partition coefficient (Wildman–Crippen LogP) is 4.21. The van der Waals surface area contributed by atoms with E-state index in [1.54, 1.807) is 67.8 Å². The lowest BCUT2D eigenvalue weighted by molar-refractivity contribution is 0.101. The molecule has 0 heterocycles. The van der Waals surface area contributed by atoms with Crippen LogP contribution in [0.2, 0.25) is 0 Å². The van der Waals surface area contributed by atoms with Crippen molar-refractivity contribution in [1.29, 1.82) is 0 Å². The molecule has 3 aromatic rings. The van der Waals surface area contributed by atoms with Crippen LogP contribution in [0.3, 0.4) is 0 Å². The van der Waals surface area contributed by atoms with Crippen LogP contribution in [0, 0.1) is 0 Å². The van der Waals surface area contributed by atoms with Gasteiger partial charge in [-0.25, -0.2) is 0 Å². The summed E-state index contributed by atoms with van der Waals surface area (Å²) in [6.07, 6.45) is 0. The van der Waals surface area contributed by atoms with E-state index in [-0.39, 0.29) is 11.8 Å². The van der Waals surface area contributed by atoms with Crippen LogP contribution in [-0.2, 0) is 0 Å². The summed E-state index contributed by atoms with van der Waals surface area (Å²) in [6.45, 7) is 0. The van der Waals surface area contributed by atoms with Crippen LogP contribution < -0.4 is 20.1 Å². The smallest absolute Gasteiger partial charge is 0.259 e. The lowest BCUT2D eigenvalue weighted by Gasteiger charge is -2.12. The molecule has 6 nitrogen and oxygen atoms in total. The van der Waals surface area contributed by atoms with E-state index in [9.17, 15) is 9.59 Å². The fourth-order valence-corrected chi connectivity index (χ4v) is 2.71. The van der Waals surface area contributed by atoms with Gasteiger partial charge in [0.05, 0.1) is 25.5 Å². The van der Waals surface area contributed by atoms with Crippen LogP contribution in [0.15, 0.2) is 72.8 Å². The largest absolute Gasteiger partial charge is 0.496 e. The van der Waals surface area contributed by atoms with Crippen molar-refractivity contribution in [3.8, 4) is 11.5 Å². The standard InChI is InChI=1S/C22H20N2O4/c1-27-19-12-5-3-10-17(19)22(26)23-16-9-7-8-15(14-16)21(25)24-18-11-4-6-13-20(18)28-2/h3-14H,1-2H3,(H,23,26)(H,24,25). The first-order chi connectivity index (χ1) is 13.6. The first-order valence-corrected chi connectivity index (χ1v) is 8.61. The van der Waals surface area contributed by atoms with Crippen molar-refractivity contribution in [1.82, 2.24) is 0 Å². The Balaban J connectivity index is 1.76. The summed E-state index contributed by atoms with van der Waals surface area (Å²) >= 11 is 0. The number of ether oxygens (including phenoxy) is 2. The fraction of sp³-hybridized carbons (Fsp3) is 0.0909. The molecule has 0 unspecified atom stereocenters. The number of anilines is 2. The summed E-state index contributed by atoms with van der Waals surface area (Å²) in [5, 5.41) is 5.60. The van der Waals surface area contributed by atoms with Crippen LogP contribution in [0.5, 0.6) is 11.5 Å². The number of rotatable bonds is 6. The second kappa shape index (κ2) is 8.73. The maximum atomic E-state index is 12.6. The summed E-state index contributed by atoms with van der Waals surface area (Å²) in [7, 11) is 3.05. The quantitative estimate of drug-likeness (QED) is 0.676. The van der Waals surface area contributed by atoms with Crippen LogP contribution in [-0.4, -0.2) is 26.0 Å². The molecule has 0 aromatic heterocycles. The number of carbonyl (C=O) groups excluding carboxylic acids is 2. The van der Waals surface area contributed by atoms with Crippen LogP contribution in [0.4, 0.5) is 11.4 Å². The number of benzene rings is 3. The lowest BCUT2D eigenvalue weighted by atomic mass is 10.1. The zero-order valence-electron chi connectivity index (χ0n) is 15.6. The minimum atomic E-state index is -0.320. The molecule has 0 radical (unpaired) electrons. The Kier molecular flexibility index (Phi) is 5.91. The first kappa shape index (κ1) is 19.0. The number of carbonyl (C=O) groups is 2. The highest BCUT2D eigenvalue weighted by Gasteiger charge is 2.14. The van der Waals surface area contributed by atoms with Gasteiger partial charge in [0, 0.05) is 11.3 Å². The van der Waals surface area contributed by atoms with Gasteiger partial charge in [0.2, 0.25) is 0 Å². The molecule has 0 aliphatic rings. The fourth-order valence-electron chi connectivity index (χ4n) is 2.71. The van der Waals surface area contributed by atoms with Gasteiger partial charge in [0.25, 0.3) is 11.8 Å². The summed E-state index contributed by atoms with van der Waals surface area (Å²) in [6, 6.07) is 20.8. The number of hydrogen-bond donors (Lipinski definition) is 2. The molecule has 2 N–H and O–H groups in total. The van der Waals surface area contributed by atoms with Crippen LogP contribution >= 0.6 is 0 Å². The first-order valence-electron chi connectivity index (χ1n) is 8.61. The van der Waals surface area contributed by atoms with E-state index in [1.165, 1.54) is 7.11 Å². The van der Waals surface area contributed by atoms with Gasteiger partial charge in [-0.2, -0.15) is 0 Å². The van der Waals surface area contributed by atoms with E-state index in [0.717, 1.165) is 0 Å². The Bertz CT molecular complexity index is 1000. The molecule has 0 bridgehead atoms. The van der Waals surface area contributed by atoms with Crippen molar-refractivity contribution < 1.29 is 19.1 Å². The highest BCUT2D eigenvalue weighted by atomic mass is 16.5. The normalized spacial score (nSPS) is 10.1. The SMILES string of the molecule is COc1ccccc1NC(=O)c1cccc(NC(=O)c2ccccc2OC)c1. The summed E-state index contributed by atoms with van der Waals surface area (Å²) in [5.41, 5.74) is 1.89. The van der Waals surface area contributed by atoms with E-state index in [4.69, 9.17) is 9.47 Å². The van der Waals surface area contributed by atoms with Crippen molar-refractivity contribution in [2.45, 2.75) is 0 Å². The Labute approximate surface area is 163 Å². The molecule has 2 amide bonds. The van der Waals surface area contributed by atoms with Gasteiger partial charge in [-0.1, -0.05) is 30.3 Å². The molecule has 0 saturated carbocycles.